The van der Waals surface area contributed by atoms with E-state index >= 15 is 0 Å². The maximum Gasteiger partial charge on any atom is 0.407 e. The van der Waals surface area contributed by atoms with Gasteiger partial charge in [-0.05, 0) is 68.3 Å². The number of rotatable bonds is 4. The van der Waals surface area contributed by atoms with Gasteiger partial charge in [0, 0.05) is 19.8 Å². The number of hydrogen-bond acceptors (Lipinski definition) is 5. The molecule has 2 amide bonds. The smallest absolute Gasteiger partial charge is 0.407 e. The van der Waals surface area contributed by atoms with E-state index in [1.165, 1.54) is 6.20 Å². The molecule has 5 aliphatic rings. The van der Waals surface area contributed by atoms with E-state index in [0.29, 0.717) is 47.1 Å². The van der Waals surface area contributed by atoms with Crippen molar-refractivity contribution in [1.82, 2.24) is 15.2 Å². The van der Waals surface area contributed by atoms with Crippen LogP contribution in [0.2, 0.25) is 5.02 Å². The van der Waals surface area contributed by atoms with Gasteiger partial charge in [0.15, 0.2) is 0 Å². The molecule has 5 fully saturated rings. The van der Waals surface area contributed by atoms with Crippen molar-refractivity contribution in [3.8, 4) is 0 Å². The highest BCUT2D eigenvalue weighted by Crippen LogP contribution is 2.60. The quantitative estimate of drug-likeness (QED) is 0.563. The van der Waals surface area contributed by atoms with Crippen LogP contribution in [-0.2, 0) is 0 Å². The number of pyridine rings is 1. The Kier molecular flexibility index (Phi) is 5.05. The molecule has 1 aromatic rings. The summed E-state index contributed by atoms with van der Waals surface area (Å²) in [5, 5.41) is 27.3. The minimum absolute atomic E-state index is 0.148. The molecule has 0 spiro atoms. The molecule has 4 bridgehead atoms. The molecule has 31 heavy (non-hydrogen) atoms. The number of carboxylic acid groups (broad SMARTS) is 1. The Morgan fingerprint density at radius 2 is 1.97 bits per heavy atom. The van der Waals surface area contributed by atoms with Crippen molar-refractivity contribution < 1.29 is 19.8 Å². The molecule has 168 valence electrons. The monoisotopic (exact) mass is 448 g/mol. The van der Waals surface area contributed by atoms with Crippen LogP contribution in [0.1, 0.15) is 48.9 Å². The fourth-order valence-corrected chi connectivity index (χ4v) is 7.45. The molecule has 5 unspecified atom stereocenters. The third kappa shape index (κ3) is 3.53. The van der Waals surface area contributed by atoms with Crippen LogP contribution in [0.25, 0.3) is 0 Å². The SMILES string of the molecule is CNC(=O)c1cc(Cl)cnc1NC1CCN(C(=O)O)C1C1[C@@H]2CC3C[C@H]1CC(O)(C3)C2. The normalized spacial score (nSPS) is 38.4. The van der Waals surface area contributed by atoms with Gasteiger partial charge in [-0.2, -0.15) is 0 Å². The van der Waals surface area contributed by atoms with E-state index in [1.807, 2.05) is 0 Å². The Hall–Kier alpha value is -2.06. The van der Waals surface area contributed by atoms with Crippen LogP contribution in [0.4, 0.5) is 10.6 Å². The highest BCUT2D eigenvalue weighted by molar-refractivity contribution is 6.31. The van der Waals surface area contributed by atoms with Crippen molar-refractivity contribution in [1.29, 1.82) is 0 Å². The van der Waals surface area contributed by atoms with E-state index in [0.717, 1.165) is 32.1 Å². The molecule has 6 rings (SSSR count). The Morgan fingerprint density at radius 1 is 1.26 bits per heavy atom. The Morgan fingerprint density at radius 3 is 2.58 bits per heavy atom. The van der Waals surface area contributed by atoms with Crippen molar-refractivity contribution in [3.05, 3.63) is 22.8 Å². The highest BCUT2D eigenvalue weighted by atomic mass is 35.5. The first-order valence-electron chi connectivity index (χ1n) is 11.1. The molecule has 4 saturated carbocycles. The van der Waals surface area contributed by atoms with Gasteiger partial charge in [-0.15, -0.1) is 0 Å². The molecule has 4 aliphatic carbocycles. The number of anilines is 1. The maximum atomic E-state index is 12.4. The second kappa shape index (κ2) is 7.52. The summed E-state index contributed by atoms with van der Waals surface area (Å²) in [7, 11) is 1.55. The van der Waals surface area contributed by atoms with Gasteiger partial charge in [0.2, 0.25) is 0 Å². The molecular weight excluding hydrogens is 420 g/mol. The third-order valence-electron chi connectivity index (χ3n) is 8.06. The predicted octanol–water partition coefficient (Wildman–Crippen LogP) is 2.81. The standard InChI is InChI=1S/C22H29ClN4O4/c1-24-20(28)15-6-14(23)10-25-19(15)26-16-2-3-27(21(29)30)18(16)17-12-4-11-5-13(17)9-22(31,7-11)8-12/h6,10-13,16-18,31H,2-5,7-9H2,1H3,(H,24,28)(H,25,26)(H,29,30)/t11?,12-,13+,16?,17?,18?,22?. The van der Waals surface area contributed by atoms with Crippen LogP contribution >= 0.6 is 11.6 Å². The first-order chi connectivity index (χ1) is 14.8. The number of carbonyl (C=O) groups is 2. The van der Waals surface area contributed by atoms with Gasteiger partial charge >= 0.3 is 6.09 Å². The van der Waals surface area contributed by atoms with Crippen molar-refractivity contribution in [2.24, 2.45) is 23.7 Å². The summed E-state index contributed by atoms with van der Waals surface area (Å²) in [4.78, 5) is 30.4. The topological polar surface area (TPSA) is 115 Å². The first kappa shape index (κ1) is 20.8. The summed E-state index contributed by atoms with van der Waals surface area (Å²) in [6.07, 6.45) is 5.81. The van der Waals surface area contributed by atoms with E-state index in [9.17, 15) is 19.8 Å². The van der Waals surface area contributed by atoms with Crippen LogP contribution in [0.15, 0.2) is 12.3 Å². The van der Waals surface area contributed by atoms with E-state index < -0.39 is 11.7 Å². The van der Waals surface area contributed by atoms with Gasteiger partial charge in [-0.25, -0.2) is 9.78 Å². The van der Waals surface area contributed by atoms with Gasteiger partial charge in [0.05, 0.1) is 28.3 Å². The lowest BCUT2D eigenvalue weighted by molar-refractivity contribution is -0.162. The van der Waals surface area contributed by atoms with Gasteiger partial charge in [-0.3, -0.25) is 4.79 Å². The maximum absolute atomic E-state index is 12.4. The Balaban J connectivity index is 1.46. The molecular formula is C22H29ClN4O4. The summed E-state index contributed by atoms with van der Waals surface area (Å²) in [6.45, 7) is 0.449. The largest absolute Gasteiger partial charge is 0.465 e. The van der Waals surface area contributed by atoms with Crippen LogP contribution < -0.4 is 10.6 Å². The van der Waals surface area contributed by atoms with Crippen LogP contribution in [0.5, 0.6) is 0 Å². The molecule has 0 aromatic carbocycles. The van der Waals surface area contributed by atoms with Gasteiger partial charge in [-0.1, -0.05) is 11.6 Å². The van der Waals surface area contributed by atoms with E-state index in [4.69, 9.17) is 11.6 Å². The number of carbonyl (C=O) groups excluding carboxylic acids is 1. The molecule has 0 radical (unpaired) electrons. The van der Waals surface area contributed by atoms with Gasteiger partial charge < -0.3 is 25.7 Å². The van der Waals surface area contributed by atoms with Crippen molar-refractivity contribution in [3.63, 3.8) is 0 Å². The molecule has 1 aromatic heterocycles. The zero-order valence-corrected chi connectivity index (χ0v) is 18.3. The fourth-order valence-electron chi connectivity index (χ4n) is 7.29. The molecule has 4 N–H and O–H groups in total. The lowest BCUT2D eigenvalue weighted by Gasteiger charge is -2.60. The van der Waals surface area contributed by atoms with E-state index in [1.54, 1.807) is 18.0 Å². The van der Waals surface area contributed by atoms with Crippen LogP contribution in [0.3, 0.4) is 0 Å². The third-order valence-corrected chi connectivity index (χ3v) is 8.26. The second-order valence-electron chi connectivity index (χ2n) is 9.91. The van der Waals surface area contributed by atoms with Crippen molar-refractivity contribution in [2.45, 2.75) is 56.2 Å². The number of halogens is 1. The number of aliphatic hydroxyl groups is 1. The fraction of sp³-hybridized carbons (Fsp3) is 0.682. The number of hydrogen-bond donors (Lipinski definition) is 4. The lowest BCUT2D eigenvalue weighted by atomic mass is 9.48. The minimum atomic E-state index is -0.905. The average molecular weight is 449 g/mol. The Bertz CT molecular complexity index is 895. The number of likely N-dealkylation sites (tertiary alicyclic amines) is 1. The molecule has 8 nitrogen and oxygen atoms in total. The lowest BCUT2D eigenvalue weighted by Crippen LogP contribution is -2.61. The second-order valence-corrected chi connectivity index (χ2v) is 10.3. The van der Waals surface area contributed by atoms with Gasteiger partial charge in [0.1, 0.15) is 5.82 Å². The number of nitrogens with one attached hydrogen (secondary N) is 2. The van der Waals surface area contributed by atoms with Crippen molar-refractivity contribution >= 4 is 29.4 Å². The summed E-state index contributed by atoms with van der Waals surface area (Å²) < 4.78 is 0. The van der Waals surface area contributed by atoms with Crippen LogP contribution in [0, 0.1) is 23.7 Å². The molecule has 2 heterocycles. The summed E-state index contributed by atoms with van der Waals surface area (Å²) in [6, 6.07) is 1.23. The first-order valence-corrected chi connectivity index (χ1v) is 11.5. The number of aromatic nitrogens is 1. The summed E-state index contributed by atoms with van der Waals surface area (Å²) in [5.74, 6) is 1.57. The van der Waals surface area contributed by atoms with E-state index in [-0.39, 0.29) is 23.9 Å². The van der Waals surface area contributed by atoms with Gasteiger partial charge in [0.25, 0.3) is 5.91 Å². The molecule has 1 saturated heterocycles. The Labute approximate surface area is 186 Å². The number of nitrogens with zero attached hydrogens (tertiary/aromatic N) is 2. The minimum Gasteiger partial charge on any atom is -0.465 e. The summed E-state index contributed by atoms with van der Waals surface area (Å²) in [5.41, 5.74) is -0.214. The molecule has 1 aliphatic heterocycles. The predicted molar refractivity (Wildman–Crippen MR) is 115 cm³/mol. The molecule has 7 atom stereocenters. The molecule has 9 heteroatoms. The zero-order chi connectivity index (χ0) is 21.9. The highest BCUT2D eigenvalue weighted by Gasteiger charge is 2.59. The summed E-state index contributed by atoms with van der Waals surface area (Å²) >= 11 is 6.07. The average Bonchev–Trinajstić information content (AvgIpc) is 3.10. The van der Waals surface area contributed by atoms with E-state index in [2.05, 4.69) is 15.6 Å². The number of amides is 2. The zero-order valence-electron chi connectivity index (χ0n) is 17.6. The van der Waals surface area contributed by atoms with Crippen molar-refractivity contribution in [2.75, 3.05) is 18.9 Å². The van der Waals surface area contributed by atoms with Crippen LogP contribution in [-0.4, -0.2) is 63.4 Å².